The first-order valence-electron chi connectivity index (χ1n) is 6.24. The lowest BCUT2D eigenvalue weighted by molar-refractivity contribution is 0.0189. The summed E-state index contributed by atoms with van der Waals surface area (Å²) in [6, 6.07) is 3.00. The molecule has 2 nitrogen and oxygen atoms in total. The first-order valence-corrected chi connectivity index (χ1v) is 6.62. The molecule has 0 heterocycles. The number of rotatable bonds is 6. The zero-order valence-electron chi connectivity index (χ0n) is 10.3. The van der Waals surface area contributed by atoms with Gasteiger partial charge < -0.3 is 5.73 Å². The van der Waals surface area contributed by atoms with Crippen LogP contribution in [-0.2, 0) is 0 Å². The van der Waals surface area contributed by atoms with Gasteiger partial charge in [-0.15, -0.1) is 0 Å². The first-order chi connectivity index (χ1) is 9.06. The Labute approximate surface area is 115 Å². The molecule has 1 fully saturated rings. The molecule has 0 aliphatic heterocycles. The second kappa shape index (κ2) is 6.11. The molecule has 1 aliphatic carbocycles. The van der Waals surface area contributed by atoms with E-state index >= 15 is 0 Å². The van der Waals surface area contributed by atoms with Gasteiger partial charge in [0.1, 0.15) is 5.82 Å². The van der Waals surface area contributed by atoms with Gasteiger partial charge in [0.2, 0.25) is 0 Å². The monoisotopic (exact) mass is 292 g/mol. The van der Waals surface area contributed by atoms with Gasteiger partial charge in [0, 0.05) is 24.7 Å². The Hall–Kier alpha value is -0.780. The number of halogens is 4. The van der Waals surface area contributed by atoms with E-state index in [0.717, 1.165) is 12.8 Å². The van der Waals surface area contributed by atoms with Crippen molar-refractivity contribution in [1.29, 1.82) is 0 Å². The summed E-state index contributed by atoms with van der Waals surface area (Å²) < 4.78 is 40.7. The van der Waals surface area contributed by atoms with Crippen molar-refractivity contribution >= 4 is 11.6 Å². The van der Waals surface area contributed by atoms with Gasteiger partial charge in [0.05, 0.1) is 11.1 Å². The number of hydrogen-bond acceptors (Lipinski definition) is 2. The lowest BCUT2D eigenvalue weighted by Gasteiger charge is -2.31. The highest BCUT2D eigenvalue weighted by atomic mass is 35.5. The summed E-state index contributed by atoms with van der Waals surface area (Å²) in [4.78, 5) is 1.60. The Morgan fingerprint density at radius 3 is 2.58 bits per heavy atom. The molecule has 1 aromatic rings. The predicted octanol–water partition coefficient (Wildman–Crippen LogP) is 3.21. The average molecular weight is 293 g/mol. The van der Waals surface area contributed by atoms with Gasteiger partial charge in [-0.2, -0.15) is 0 Å². The molecule has 2 rings (SSSR count). The minimum Gasteiger partial charge on any atom is -0.329 e. The zero-order valence-corrected chi connectivity index (χ0v) is 11.1. The van der Waals surface area contributed by atoms with Crippen molar-refractivity contribution in [1.82, 2.24) is 4.90 Å². The molecule has 1 saturated carbocycles. The lowest BCUT2D eigenvalue weighted by Crippen LogP contribution is -2.39. The molecule has 1 aromatic carbocycles. The van der Waals surface area contributed by atoms with Crippen molar-refractivity contribution in [2.45, 2.75) is 31.4 Å². The van der Waals surface area contributed by atoms with Gasteiger partial charge in [-0.3, -0.25) is 4.90 Å². The molecule has 1 aliphatic rings. The van der Waals surface area contributed by atoms with Crippen molar-refractivity contribution in [2.75, 3.05) is 13.1 Å². The van der Waals surface area contributed by atoms with Gasteiger partial charge in [0.15, 0.2) is 0 Å². The van der Waals surface area contributed by atoms with E-state index in [2.05, 4.69) is 0 Å². The summed E-state index contributed by atoms with van der Waals surface area (Å²) in [5.41, 5.74) is 5.42. The van der Waals surface area contributed by atoms with E-state index in [4.69, 9.17) is 17.3 Å². The molecule has 0 bridgehead atoms. The Balaban J connectivity index is 2.35. The fraction of sp³-hybridized carbons (Fsp3) is 0.538. The molecule has 0 spiro atoms. The van der Waals surface area contributed by atoms with E-state index in [1.807, 2.05) is 0 Å². The van der Waals surface area contributed by atoms with Crippen LogP contribution in [0.1, 0.15) is 24.4 Å². The quantitative estimate of drug-likeness (QED) is 0.872. The Morgan fingerprint density at radius 2 is 2.05 bits per heavy atom. The Kier molecular flexibility index (Phi) is 4.71. The Morgan fingerprint density at radius 1 is 1.37 bits per heavy atom. The number of alkyl halides is 2. The van der Waals surface area contributed by atoms with Gasteiger partial charge >= 0.3 is 0 Å². The van der Waals surface area contributed by atoms with Crippen molar-refractivity contribution < 1.29 is 13.2 Å². The molecule has 1 unspecified atom stereocenters. The van der Waals surface area contributed by atoms with Crippen LogP contribution in [0.3, 0.4) is 0 Å². The molecule has 6 heteroatoms. The number of benzene rings is 1. The van der Waals surface area contributed by atoms with Gasteiger partial charge in [0.25, 0.3) is 6.43 Å². The van der Waals surface area contributed by atoms with E-state index in [0.29, 0.717) is 6.54 Å². The smallest absolute Gasteiger partial charge is 0.258 e. The third-order valence-electron chi connectivity index (χ3n) is 3.30. The SMILES string of the molecule is NCCN(C1CC1)C(c1cccc(Cl)c1F)C(F)F. The van der Waals surface area contributed by atoms with Crippen molar-refractivity contribution in [3.63, 3.8) is 0 Å². The summed E-state index contributed by atoms with van der Waals surface area (Å²) in [5.74, 6) is -0.767. The molecular formula is C13H16ClF3N2. The van der Waals surface area contributed by atoms with Crippen LogP contribution in [0.5, 0.6) is 0 Å². The van der Waals surface area contributed by atoms with Crippen LogP contribution in [0.25, 0.3) is 0 Å². The summed E-state index contributed by atoms with van der Waals surface area (Å²) in [6.07, 6.45) is -0.975. The summed E-state index contributed by atoms with van der Waals surface area (Å²) >= 11 is 5.68. The maximum absolute atomic E-state index is 14.0. The highest BCUT2D eigenvalue weighted by Gasteiger charge is 2.39. The summed E-state index contributed by atoms with van der Waals surface area (Å²) in [7, 11) is 0. The largest absolute Gasteiger partial charge is 0.329 e. The number of nitrogens with two attached hydrogens (primary N) is 1. The second-order valence-corrected chi connectivity index (χ2v) is 5.09. The molecule has 1 atom stereocenters. The fourth-order valence-electron chi connectivity index (χ4n) is 2.31. The molecule has 0 radical (unpaired) electrons. The van der Waals surface area contributed by atoms with Crippen LogP contribution >= 0.6 is 11.6 Å². The van der Waals surface area contributed by atoms with E-state index in [1.54, 1.807) is 4.90 Å². The van der Waals surface area contributed by atoms with Crippen molar-refractivity contribution in [2.24, 2.45) is 5.73 Å². The second-order valence-electron chi connectivity index (χ2n) is 4.68. The maximum atomic E-state index is 14.0. The van der Waals surface area contributed by atoms with Crippen molar-refractivity contribution in [3.05, 3.63) is 34.6 Å². The fourth-order valence-corrected chi connectivity index (χ4v) is 2.49. The Bertz CT molecular complexity index is 438. The number of nitrogens with zero attached hydrogens (tertiary/aromatic N) is 1. The highest BCUT2D eigenvalue weighted by molar-refractivity contribution is 6.30. The minimum absolute atomic E-state index is 0.0529. The van der Waals surface area contributed by atoms with Crippen LogP contribution in [-0.4, -0.2) is 30.5 Å². The normalized spacial score (nSPS) is 17.2. The molecule has 2 N–H and O–H groups in total. The van der Waals surface area contributed by atoms with E-state index in [9.17, 15) is 13.2 Å². The zero-order chi connectivity index (χ0) is 14.0. The van der Waals surface area contributed by atoms with E-state index in [-0.39, 0.29) is 23.2 Å². The van der Waals surface area contributed by atoms with E-state index < -0.39 is 18.3 Å². The lowest BCUT2D eigenvalue weighted by atomic mass is 10.0. The number of hydrogen-bond donors (Lipinski definition) is 1. The third kappa shape index (κ3) is 3.22. The first kappa shape index (κ1) is 14.6. The minimum atomic E-state index is -2.68. The maximum Gasteiger partial charge on any atom is 0.258 e. The summed E-state index contributed by atoms with van der Waals surface area (Å²) in [5, 5.41) is -0.133. The molecule has 0 amide bonds. The van der Waals surface area contributed by atoms with Crippen LogP contribution in [0, 0.1) is 5.82 Å². The third-order valence-corrected chi connectivity index (χ3v) is 3.59. The van der Waals surface area contributed by atoms with Gasteiger partial charge in [-0.05, 0) is 18.9 Å². The van der Waals surface area contributed by atoms with Crippen molar-refractivity contribution in [3.8, 4) is 0 Å². The van der Waals surface area contributed by atoms with Crippen LogP contribution in [0.2, 0.25) is 5.02 Å². The van der Waals surface area contributed by atoms with Gasteiger partial charge in [-0.1, -0.05) is 23.7 Å². The van der Waals surface area contributed by atoms with E-state index in [1.165, 1.54) is 18.2 Å². The molecular weight excluding hydrogens is 277 g/mol. The molecule has 106 valence electrons. The van der Waals surface area contributed by atoms with Gasteiger partial charge in [-0.25, -0.2) is 13.2 Å². The predicted molar refractivity (Wildman–Crippen MR) is 68.9 cm³/mol. The summed E-state index contributed by atoms with van der Waals surface area (Å²) in [6.45, 7) is 0.591. The highest BCUT2D eigenvalue weighted by Crippen LogP contribution is 2.38. The van der Waals surface area contributed by atoms with Crippen LogP contribution < -0.4 is 5.73 Å². The molecule has 0 aromatic heterocycles. The van der Waals surface area contributed by atoms with Crippen LogP contribution in [0.15, 0.2) is 18.2 Å². The average Bonchev–Trinajstić information content (AvgIpc) is 3.17. The molecule has 0 saturated heterocycles. The molecule has 19 heavy (non-hydrogen) atoms. The standard InChI is InChI=1S/C13H16ClF3N2/c14-10-3-1-2-9(11(10)15)12(13(16)17)19(7-6-18)8-4-5-8/h1-3,8,12-13H,4-7,18H2. The topological polar surface area (TPSA) is 29.3 Å². The van der Waals surface area contributed by atoms with Crippen LogP contribution in [0.4, 0.5) is 13.2 Å².